The van der Waals surface area contributed by atoms with Gasteiger partial charge in [0.1, 0.15) is 12.1 Å². The summed E-state index contributed by atoms with van der Waals surface area (Å²) in [6.07, 6.45) is 6.44. The predicted octanol–water partition coefficient (Wildman–Crippen LogP) is 2.99. The van der Waals surface area contributed by atoms with Crippen molar-refractivity contribution in [3.63, 3.8) is 0 Å². The van der Waals surface area contributed by atoms with E-state index >= 15 is 0 Å². The van der Waals surface area contributed by atoms with Crippen LogP contribution in [0.5, 0.6) is 0 Å². The maximum Gasteiger partial charge on any atom is 0.135 e. The van der Waals surface area contributed by atoms with E-state index in [2.05, 4.69) is 52.2 Å². The molecule has 0 saturated carbocycles. The average Bonchev–Trinajstić information content (AvgIpc) is 2.47. The fourth-order valence-electron chi connectivity index (χ4n) is 2.77. The first-order chi connectivity index (χ1) is 9.34. The molecule has 1 heterocycles. The normalized spacial score (nSPS) is 13.9. The van der Waals surface area contributed by atoms with Gasteiger partial charge in [-0.2, -0.15) is 0 Å². The lowest BCUT2D eigenvalue weighted by molar-refractivity contribution is 0.658. The molecular formula is C16H19N3. The molecule has 0 unspecified atom stereocenters. The molecule has 0 amide bonds. The summed E-state index contributed by atoms with van der Waals surface area (Å²) in [5.41, 5.74) is 3.91. The number of benzene rings is 1. The number of hydrogen-bond acceptors (Lipinski definition) is 3. The third kappa shape index (κ3) is 2.60. The monoisotopic (exact) mass is 253 g/mol. The largest absolute Gasteiger partial charge is 0.355 e. The van der Waals surface area contributed by atoms with Crippen molar-refractivity contribution in [3.8, 4) is 0 Å². The second-order valence-electron chi connectivity index (χ2n) is 5.17. The van der Waals surface area contributed by atoms with Crippen molar-refractivity contribution >= 4 is 5.82 Å². The fraction of sp³-hybridized carbons (Fsp3) is 0.375. The highest BCUT2D eigenvalue weighted by atomic mass is 15.2. The highest BCUT2D eigenvalue weighted by molar-refractivity contribution is 5.49. The zero-order valence-electron chi connectivity index (χ0n) is 11.3. The molecule has 0 radical (unpaired) electrons. The molecule has 3 rings (SSSR count). The Balaban J connectivity index is 1.86. The minimum atomic E-state index is 0.893. The Kier molecular flexibility index (Phi) is 3.45. The second-order valence-corrected chi connectivity index (χ2v) is 5.17. The molecule has 0 bridgehead atoms. The van der Waals surface area contributed by atoms with E-state index in [0.29, 0.717) is 0 Å². The van der Waals surface area contributed by atoms with Crippen molar-refractivity contribution < 1.29 is 0 Å². The number of fused-ring (bicyclic) bond motifs is 1. The molecule has 1 aromatic heterocycles. The quantitative estimate of drug-likeness (QED) is 0.842. The lowest BCUT2D eigenvalue weighted by Gasteiger charge is -2.24. The van der Waals surface area contributed by atoms with Gasteiger partial charge in [0.25, 0.3) is 0 Å². The topological polar surface area (TPSA) is 29.0 Å². The Morgan fingerprint density at radius 3 is 2.68 bits per heavy atom. The van der Waals surface area contributed by atoms with E-state index in [1.165, 1.54) is 29.7 Å². The molecular weight excluding hydrogens is 234 g/mol. The van der Waals surface area contributed by atoms with Crippen LogP contribution in [0.15, 0.2) is 36.7 Å². The van der Waals surface area contributed by atoms with Crippen molar-refractivity contribution in [2.24, 2.45) is 0 Å². The summed E-state index contributed by atoms with van der Waals surface area (Å²) in [6, 6.07) is 10.5. The average molecular weight is 253 g/mol. The number of aryl methyl sites for hydroxylation is 1. The highest BCUT2D eigenvalue weighted by Crippen LogP contribution is 2.27. The standard InChI is InChI=1S/C16H19N3/c1-19(11-13-7-3-2-4-8-13)16-14-9-5-6-10-15(14)17-12-18-16/h2-4,7-8,12H,5-6,9-11H2,1H3. The highest BCUT2D eigenvalue weighted by Gasteiger charge is 2.17. The molecule has 3 nitrogen and oxygen atoms in total. The molecule has 1 aliphatic carbocycles. The van der Waals surface area contributed by atoms with E-state index < -0.39 is 0 Å². The van der Waals surface area contributed by atoms with Crippen LogP contribution < -0.4 is 4.90 Å². The molecule has 1 aliphatic rings. The zero-order chi connectivity index (χ0) is 13.1. The number of rotatable bonds is 3. The molecule has 2 aromatic rings. The molecule has 19 heavy (non-hydrogen) atoms. The molecule has 1 aromatic carbocycles. The van der Waals surface area contributed by atoms with Gasteiger partial charge >= 0.3 is 0 Å². The third-order valence-electron chi connectivity index (χ3n) is 3.73. The summed E-state index contributed by atoms with van der Waals surface area (Å²) < 4.78 is 0. The number of nitrogens with zero attached hydrogens (tertiary/aromatic N) is 3. The summed E-state index contributed by atoms with van der Waals surface area (Å²) in [5.74, 6) is 1.11. The first-order valence-electron chi connectivity index (χ1n) is 6.92. The fourth-order valence-corrected chi connectivity index (χ4v) is 2.77. The van der Waals surface area contributed by atoms with Crippen LogP contribution in [0.1, 0.15) is 29.7 Å². The Morgan fingerprint density at radius 2 is 1.84 bits per heavy atom. The minimum absolute atomic E-state index is 0.893. The van der Waals surface area contributed by atoms with E-state index in [-0.39, 0.29) is 0 Å². The maximum absolute atomic E-state index is 4.50. The number of anilines is 1. The summed E-state index contributed by atoms with van der Waals surface area (Å²) in [5, 5.41) is 0. The molecule has 98 valence electrons. The zero-order valence-corrected chi connectivity index (χ0v) is 11.3. The van der Waals surface area contributed by atoms with Gasteiger partial charge < -0.3 is 4.90 Å². The van der Waals surface area contributed by atoms with Crippen molar-refractivity contribution in [2.75, 3.05) is 11.9 Å². The van der Waals surface area contributed by atoms with E-state index in [1.807, 2.05) is 0 Å². The van der Waals surface area contributed by atoms with Crippen LogP contribution in [0.3, 0.4) is 0 Å². The maximum atomic E-state index is 4.50. The van der Waals surface area contributed by atoms with Crippen LogP contribution in [-0.4, -0.2) is 17.0 Å². The first kappa shape index (κ1) is 12.2. The van der Waals surface area contributed by atoms with Gasteiger partial charge in [-0.05, 0) is 31.2 Å². The molecule has 0 fully saturated rings. The van der Waals surface area contributed by atoms with Gasteiger partial charge in [0, 0.05) is 24.8 Å². The van der Waals surface area contributed by atoms with Gasteiger partial charge in [0.15, 0.2) is 0 Å². The van der Waals surface area contributed by atoms with Gasteiger partial charge in [-0.1, -0.05) is 30.3 Å². The van der Waals surface area contributed by atoms with Crippen LogP contribution >= 0.6 is 0 Å². The van der Waals surface area contributed by atoms with Gasteiger partial charge in [-0.15, -0.1) is 0 Å². The summed E-state index contributed by atoms with van der Waals surface area (Å²) >= 11 is 0. The van der Waals surface area contributed by atoms with Crippen molar-refractivity contribution in [3.05, 3.63) is 53.5 Å². The van der Waals surface area contributed by atoms with Gasteiger partial charge in [0.2, 0.25) is 0 Å². The lowest BCUT2D eigenvalue weighted by Crippen LogP contribution is -2.21. The van der Waals surface area contributed by atoms with Crippen LogP contribution in [0.25, 0.3) is 0 Å². The Hall–Kier alpha value is -1.90. The molecule has 0 spiro atoms. The number of hydrogen-bond donors (Lipinski definition) is 0. The predicted molar refractivity (Wildman–Crippen MR) is 77.2 cm³/mol. The van der Waals surface area contributed by atoms with Crippen molar-refractivity contribution in [1.82, 2.24) is 9.97 Å². The smallest absolute Gasteiger partial charge is 0.135 e. The minimum Gasteiger partial charge on any atom is -0.355 e. The third-order valence-corrected chi connectivity index (χ3v) is 3.73. The van der Waals surface area contributed by atoms with E-state index in [4.69, 9.17) is 0 Å². The van der Waals surface area contributed by atoms with Gasteiger partial charge in [-0.25, -0.2) is 9.97 Å². The Bertz CT molecular complexity index is 551. The summed E-state index contributed by atoms with van der Waals surface area (Å²) in [4.78, 5) is 11.2. The van der Waals surface area contributed by atoms with E-state index in [9.17, 15) is 0 Å². The molecule has 0 aliphatic heterocycles. The van der Waals surface area contributed by atoms with Crippen LogP contribution in [0.4, 0.5) is 5.82 Å². The van der Waals surface area contributed by atoms with Crippen LogP contribution in [0, 0.1) is 0 Å². The van der Waals surface area contributed by atoms with Crippen molar-refractivity contribution in [1.29, 1.82) is 0 Å². The summed E-state index contributed by atoms with van der Waals surface area (Å²) in [6.45, 7) is 0.893. The second kappa shape index (κ2) is 5.39. The molecule has 0 saturated heterocycles. The summed E-state index contributed by atoms with van der Waals surface area (Å²) in [7, 11) is 2.12. The lowest BCUT2D eigenvalue weighted by atomic mass is 9.96. The van der Waals surface area contributed by atoms with Crippen molar-refractivity contribution in [2.45, 2.75) is 32.2 Å². The van der Waals surface area contributed by atoms with E-state index in [1.54, 1.807) is 6.33 Å². The Morgan fingerprint density at radius 1 is 1.05 bits per heavy atom. The molecule has 0 N–H and O–H groups in total. The number of aromatic nitrogens is 2. The Labute approximate surface area is 114 Å². The van der Waals surface area contributed by atoms with E-state index in [0.717, 1.165) is 25.2 Å². The molecule has 3 heteroatoms. The van der Waals surface area contributed by atoms with Gasteiger partial charge in [0.05, 0.1) is 0 Å². The van der Waals surface area contributed by atoms with Gasteiger partial charge in [-0.3, -0.25) is 0 Å². The first-order valence-corrected chi connectivity index (χ1v) is 6.92. The molecule has 0 atom stereocenters. The SMILES string of the molecule is CN(Cc1ccccc1)c1ncnc2c1CCCC2. The van der Waals surface area contributed by atoms with Crippen LogP contribution in [-0.2, 0) is 19.4 Å². The van der Waals surface area contributed by atoms with Crippen LogP contribution in [0.2, 0.25) is 0 Å².